The average Bonchev–Trinajstić information content (AvgIpc) is 2.47. The normalized spacial score (nSPS) is 33.1. The molecule has 0 aromatic heterocycles. The summed E-state index contributed by atoms with van der Waals surface area (Å²) >= 11 is 0. The van der Waals surface area contributed by atoms with Crippen LogP contribution in [0, 0.1) is 0 Å². The number of benzene rings is 1. The molecule has 2 aliphatic heterocycles. The summed E-state index contributed by atoms with van der Waals surface area (Å²) in [6.45, 7) is 2.23. The molecule has 1 aromatic carbocycles. The Morgan fingerprint density at radius 2 is 1.76 bits per heavy atom. The topological polar surface area (TPSA) is 23.5 Å². The second kappa shape index (κ2) is 6.10. The van der Waals surface area contributed by atoms with Gasteiger partial charge in [-0.1, -0.05) is 44.0 Å². The summed E-state index contributed by atoms with van der Waals surface area (Å²) in [5.74, 6) is 0. The molecule has 2 unspecified atom stereocenters. The molecule has 3 rings (SSSR count). The standard InChI is InChI=1S/C19H29NO/c1-3-4-6-15-9-11-16(12-10-15)19(21)13-17-7-5-8-18(14-19)20(17)2/h9-12,17-18,21H,3-8,13-14H2,1-2H3. The molecular formula is C19H29NO. The SMILES string of the molecule is CCCCc1ccc(C2(O)CC3CCCC(C2)N3C)cc1. The molecular weight excluding hydrogens is 258 g/mol. The Morgan fingerprint density at radius 1 is 1.14 bits per heavy atom. The Labute approximate surface area is 129 Å². The van der Waals surface area contributed by atoms with Crippen LogP contribution in [0.1, 0.15) is 63.0 Å². The summed E-state index contributed by atoms with van der Waals surface area (Å²) in [6, 6.07) is 9.90. The van der Waals surface area contributed by atoms with Crippen LogP contribution < -0.4 is 0 Å². The summed E-state index contributed by atoms with van der Waals surface area (Å²) in [4.78, 5) is 2.51. The van der Waals surface area contributed by atoms with Gasteiger partial charge in [-0.25, -0.2) is 0 Å². The summed E-state index contributed by atoms with van der Waals surface area (Å²) in [5, 5.41) is 11.2. The monoisotopic (exact) mass is 287 g/mol. The van der Waals surface area contributed by atoms with Crippen LogP contribution in [0.25, 0.3) is 0 Å². The van der Waals surface area contributed by atoms with Gasteiger partial charge in [-0.05, 0) is 56.7 Å². The summed E-state index contributed by atoms with van der Waals surface area (Å²) in [7, 11) is 2.24. The Hall–Kier alpha value is -0.860. The average molecular weight is 287 g/mol. The maximum absolute atomic E-state index is 11.2. The van der Waals surface area contributed by atoms with Gasteiger partial charge in [-0.15, -0.1) is 0 Å². The zero-order chi connectivity index (χ0) is 14.9. The van der Waals surface area contributed by atoms with Gasteiger partial charge in [0.1, 0.15) is 0 Å². The van der Waals surface area contributed by atoms with E-state index < -0.39 is 5.60 Å². The molecule has 0 amide bonds. The van der Waals surface area contributed by atoms with Gasteiger partial charge in [-0.3, -0.25) is 0 Å². The molecule has 2 nitrogen and oxygen atoms in total. The van der Waals surface area contributed by atoms with Crippen LogP contribution in [0.3, 0.4) is 0 Å². The van der Waals surface area contributed by atoms with Crippen LogP contribution >= 0.6 is 0 Å². The van der Waals surface area contributed by atoms with E-state index in [4.69, 9.17) is 0 Å². The first-order valence-corrected chi connectivity index (χ1v) is 8.66. The quantitative estimate of drug-likeness (QED) is 0.909. The first-order valence-electron chi connectivity index (χ1n) is 8.66. The predicted octanol–water partition coefficient (Wildman–Crippen LogP) is 3.86. The van der Waals surface area contributed by atoms with Crippen molar-refractivity contribution in [3.05, 3.63) is 35.4 Å². The summed E-state index contributed by atoms with van der Waals surface area (Å²) < 4.78 is 0. The number of hydrogen-bond acceptors (Lipinski definition) is 2. The van der Waals surface area contributed by atoms with Crippen molar-refractivity contribution in [1.29, 1.82) is 0 Å². The zero-order valence-electron chi connectivity index (χ0n) is 13.5. The molecule has 0 saturated carbocycles. The lowest BCUT2D eigenvalue weighted by Gasteiger charge is -2.50. The number of rotatable bonds is 4. The molecule has 2 saturated heterocycles. The van der Waals surface area contributed by atoms with Crippen LogP contribution in [-0.2, 0) is 12.0 Å². The first kappa shape index (κ1) is 15.1. The van der Waals surface area contributed by atoms with Crippen LogP contribution in [0.15, 0.2) is 24.3 Å². The summed E-state index contributed by atoms with van der Waals surface area (Å²) in [6.07, 6.45) is 9.24. The number of fused-ring (bicyclic) bond motifs is 2. The third kappa shape index (κ3) is 3.02. The van der Waals surface area contributed by atoms with Gasteiger partial charge in [0.2, 0.25) is 0 Å². The minimum Gasteiger partial charge on any atom is -0.385 e. The first-order chi connectivity index (χ1) is 10.1. The lowest BCUT2D eigenvalue weighted by atomic mass is 9.73. The number of hydrogen-bond donors (Lipinski definition) is 1. The lowest BCUT2D eigenvalue weighted by Crippen LogP contribution is -2.55. The maximum Gasteiger partial charge on any atom is 0.0926 e. The van der Waals surface area contributed by atoms with E-state index in [1.807, 2.05) is 0 Å². The molecule has 0 aliphatic carbocycles. The number of aryl methyl sites for hydroxylation is 1. The van der Waals surface area contributed by atoms with Gasteiger partial charge in [0.05, 0.1) is 5.60 Å². The molecule has 2 bridgehead atoms. The Kier molecular flexibility index (Phi) is 4.37. The highest BCUT2D eigenvalue weighted by Gasteiger charge is 2.44. The molecule has 2 heterocycles. The van der Waals surface area contributed by atoms with Gasteiger partial charge in [0, 0.05) is 12.1 Å². The Balaban J connectivity index is 1.76. The van der Waals surface area contributed by atoms with E-state index in [-0.39, 0.29) is 0 Å². The number of piperidine rings is 2. The van der Waals surface area contributed by atoms with E-state index in [0.29, 0.717) is 12.1 Å². The van der Waals surface area contributed by atoms with Crippen molar-refractivity contribution >= 4 is 0 Å². The molecule has 116 valence electrons. The summed E-state index contributed by atoms with van der Waals surface area (Å²) in [5.41, 5.74) is 1.93. The van der Waals surface area contributed by atoms with Crippen molar-refractivity contribution in [2.45, 2.75) is 76.0 Å². The highest BCUT2D eigenvalue weighted by atomic mass is 16.3. The largest absolute Gasteiger partial charge is 0.385 e. The number of unbranched alkanes of at least 4 members (excludes halogenated alkanes) is 1. The maximum atomic E-state index is 11.2. The van der Waals surface area contributed by atoms with E-state index in [9.17, 15) is 5.11 Å². The van der Waals surface area contributed by atoms with Crippen molar-refractivity contribution in [2.24, 2.45) is 0 Å². The van der Waals surface area contributed by atoms with Gasteiger partial charge < -0.3 is 10.0 Å². The minimum atomic E-state index is -0.606. The fourth-order valence-electron chi connectivity index (χ4n) is 4.25. The molecule has 2 fully saturated rings. The second-order valence-electron chi connectivity index (χ2n) is 7.14. The molecule has 0 spiro atoms. The van der Waals surface area contributed by atoms with E-state index in [1.54, 1.807) is 0 Å². The van der Waals surface area contributed by atoms with Gasteiger partial charge in [-0.2, -0.15) is 0 Å². The van der Waals surface area contributed by atoms with Crippen molar-refractivity contribution in [3.63, 3.8) is 0 Å². The molecule has 2 heteroatoms. The highest BCUT2D eigenvalue weighted by Crippen LogP contribution is 2.43. The van der Waals surface area contributed by atoms with Crippen LogP contribution in [0.4, 0.5) is 0 Å². The van der Waals surface area contributed by atoms with Gasteiger partial charge in [0.15, 0.2) is 0 Å². The minimum absolute atomic E-state index is 0.558. The van der Waals surface area contributed by atoms with Crippen molar-refractivity contribution in [2.75, 3.05) is 7.05 Å². The molecule has 21 heavy (non-hydrogen) atoms. The van der Waals surface area contributed by atoms with E-state index in [2.05, 4.69) is 43.1 Å². The van der Waals surface area contributed by atoms with Gasteiger partial charge >= 0.3 is 0 Å². The number of aliphatic hydroxyl groups is 1. The van der Waals surface area contributed by atoms with Gasteiger partial charge in [0.25, 0.3) is 0 Å². The predicted molar refractivity (Wildman–Crippen MR) is 87.4 cm³/mol. The van der Waals surface area contributed by atoms with E-state index in [1.165, 1.54) is 37.7 Å². The highest BCUT2D eigenvalue weighted by molar-refractivity contribution is 5.28. The smallest absolute Gasteiger partial charge is 0.0926 e. The molecule has 0 radical (unpaired) electrons. The third-order valence-electron chi connectivity index (χ3n) is 5.68. The molecule has 2 atom stereocenters. The van der Waals surface area contributed by atoms with Crippen LogP contribution in [0.5, 0.6) is 0 Å². The second-order valence-corrected chi connectivity index (χ2v) is 7.14. The van der Waals surface area contributed by atoms with Crippen LogP contribution in [0.2, 0.25) is 0 Å². The van der Waals surface area contributed by atoms with Crippen LogP contribution in [-0.4, -0.2) is 29.1 Å². The third-order valence-corrected chi connectivity index (χ3v) is 5.68. The zero-order valence-corrected chi connectivity index (χ0v) is 13.5. The van der Waals surface area contributed by atoms with Crippen molar-refractivity contribution in [3.8, 4) is 0 Å². The van der Waals surface area contributed by atoms with Crippen molar-refractivity contribution < 1.29 is 5.11 Å². The fraction of sp³-hybridized carbons (Fsp3) is 0.684. The molecule has 1 N–H and O–H groups in total. The van der Waals surface area contributed by atoms with E-state index in [0.717, 1.165) is 24.8 Å². The number of nitrogens with zero attached hydrogens (tertiary/aromatic N) is 1. The van der Waals surface area contributed by atoms with E-state index >= 15 is 0 Å². The molecule has 2 aliphatic rings. The Morgan fingerprint density at radius 3 is 2.33 bits per heavy atom. The Bertz CT molecular complexity index is 453. The molecule has 1 aromatic rings. The van der Waals surface area contributed by atoms with Crippen molar-refractivity contribution in [1.82, 2.24) is 4.90 Å². The lowest BCUT2D eigenvalue weighted by molar-refractivity contribution is -0.0874. The fourth-order valence-corrected chi connectivity index (χ4v) is 4.25.